The van der Waals surface area contributed by atoms with Crippen LogP contribution in [0.25, 0.3) is 6.08 Å². The Hall–Kier alpha value is -3.41. The predicted octanol–water partition coefficient (Wildman–Crippen LogP) is 3.32. The van der Waals surface area contributed by atoms with Crippen LogP contribution in [0.1, 0.15) is 25.0 Å². The van der Waals surface area contributed by atoms with Crippen molar-refractivity contribution in [3.05, 3.63) is 65.7 Å². The number of carbonyl (C=O) groups excluding carboxylic acids is 3. The Kier molecular flexibility index (Phi) is 5.31. The third-order valence-corrected chi connectivity index (χ3v) is 4.68. The summed E-state index contributed by atoms with van der Waals surface area (Å²) in [5.41, 5.74) is 1.94. The van der Waals surface area contributed by atoms with Crippen molar-refractivity contribution in [2.45, 2.75) is 26.3 Å². The van der Waals surface area contributed by atoms with E-state index in [9.17, 15) is 14.4 Å². The van der Waals surface area contributed by atoms with Gasteiger partial charge in [0.1, 0.15) is 5.54 Å². The van der Waals surface area contributed by atoms with E-state index in [0.717, 1.165) is 11.1 Å². The lowest BCUT2D eigenvalue weighted by Crippen LogP contribution is -2.59. The third-order valence-electron chi connectivity index (χ3n) is 4.68. The summed E-state index contributed by atoms with van der Waals surface area (Å²) in [4.78, 5) is 38.6. The smallest absolute Gasteiger partial charge is 0.331 e. The van der Waals surface area contributed by atoms with E-state index in [1.807, 2.05) is 31.2 Å². The molecule has 0 aromatic heterocycles. The molecule has 2 aromatic rings. The first-order valence-electron chi connectivity index (χ1n) is 8.94. The van der Waals surface area contributed by atoms with Crippen LogP contribution in [0.5, 0.6) is 0 Å². The standard InChI is InChI=1S/C22H22N2O4/c1-15-8-4-5-9-16(15)12-13-20(26)28-14-19(25)24-18-11-7-6-10-17(18)23-21(27)22(24,2)3/h4-13H,14H2,1-3H3,(H,23,27)/b13-12+. The lowest BCUT2D eigenvalue weighted by atomic mass is 9.96. The van der Waals surface area contributed by atoms with Gasteiger partial charge >= 0.3 is 5.97 Å². The minimum Gasteiger partial charge on any atom is -0.452 e. The van der Waals surface area contributed by atoms with Gasteiger partial charge in [-0.3, -0.25) is 14.5 Å². The molecule has 2 amide bonds. The monoisotopic (exact) mass is 378 g/mol. The molecule has 6 nitrogen and oxygen atoms in total. The maximum atomic E-state index is 12.8. The Bertz CT molecular complexity index is 963. The number of nitrogens with one attached hydrogen (secondary N) is 1. The van der Waals surface area contributed by atoms with Crippen LogP contribution in [0.4, 0.5) is 11.4 Å². The second-order valence-corrected chi connectivity index (χ2v) is 7.06. The minimum absolute atomic E-state index is 0.301. The summed E-state index contributed by atoms with van der Waals surface area (Å²) in [7, 11) is 0. The molecule has 2 aromatic carbocycles. The summed E-state index contributed by atoms with van der Waals surface area (Å²) in [5, 5.41) is 2.79. The molecule has 1 heterocycles. The fraction of sp³-hybridized carbons (Fsp3) is 0.227. The molecule has 0 saturated carbocycles. The predicted molar refractivity (Wildman–Crippen MR) is 108 cm³/mol. The zero-order valence-corrected chi connectivity index (χ0v) is 16.1. The summed E-state index contributed by atoms with van der Waals surface area (Å²) in [5.74, 6) is -1.39. The number of aryl methyl sites for hydroxylation is 1. The number of ether oxygens (including phenoxy) is 1. The highest BCUT2D eigenvalue weighted by Crippen LogP contribution is 2.36. The molecule has 0 spiro atoms. The fourth-order valence-electron chi connectivity index (χ4n) is 3.08. The topological polar surface area (TPSA) is 75.7 Å². The van der Waals surface area contributed by atoms with Crippen molar-refractivity contribution >= 4 is 35.2 Å². The van der Waals surface area contributed by atoms with Gasteiger partial charge in [-0.25, -0.2) is 4.79 Å². The quantitative estimate of drug-likeness (QED) is 0.654. The van der Waals surface area contributed by atoms with E-state index in [-0.39, 0.29) is 5.91 Å². The second kappa shape index (κ2) is 7.68. The molecule has 144 valence electrons. The highest BCUT2D eigenvalue weighted by Gasteiger charge is 2.43. The third kappa shape index (κ3) is 3.81. The molecule has 1 aliphatic heterocycles. The van der Waals surface area contributed by atoms with Gasteiger partial charge in [-0.15, -0.1) is 0 Å². The first-order chi connectivity index (χ1) is 13.3. The Morgan fingerprint density at radius 2 is 1.79 bits per heavy atom. The van der Waals surface area contributed by atoms with Crippen LogP contribution < -0.4 is 10.2 Å². The molecule has 0 fully saturated rings. The first kappa shape index (κ1) is 19.4. The van der Waals surface area contributed by atoms with Gasteiger partial charge in [-0.05, 0) is 50.1 Å². The number of amides is 2. The Morgan fingerprint density at radius 3 is 2.54 bits per heavy atom. The van der Waals surface area contributed by atoms with Gasteiger partial charge in [-0.2, -0.15) is 0 Å². The van der Waals surface area contributed by atoms with E-state index < -0.39 is 24.0 Å². The highest BCUT2D eigenvalue weighted by molar-refractivity contribution is 6.14. The van der Waals surface area contributed by atoms with Gasteiger partial charge in [0.15, 0.2) is 6.61 Å². The Labute approximate surface area is 163 Å². The maximum absolute atomic E-state index is 12.8. The molecule has 1 N–H and O–H groups in total. The zero-order chi connectivity index (χ0) is 20.3. The van der Waals surface area contributed by atoms with Gasteiger partial charge in [0, 0.05) is 6.08 Å². The van der Waals surface area contributed by atoms with E-state index in [4.69, 9.17) is 4.74 Å². The number of fused-ring (bicyclic) bond motifs is 1. The average Bonchev–Trinajstić information content (AvgIpc) is 2.66. The number of nitrogens with zero attached hydrogens (tertiary/aromatic N) is 1. The SMILES string of the molecule is Cc1ccccc1/C=C/C(=O)OCC(=O)N1c2ccccc2NC(=O)C1(C)C. The molecule has 0 radical (unpaired) electrons. The summed E-state index contributed by atoms with van der Waals surface area (Å²) >= 11 is 0. The van der Waals surface area contributed by atoms with Gasteiger partial charge in [0.25, 0.3) is 5.91 Å². The zero-order valence-electron chi connectivity index (χ0n) is 16.1. The first-order valence-corrected chi connectivity index (χ1v) is 8.94. The van der Waals surface area contributed by atoms with Crippen LogP contribution in [0.3, 0.4) is 0 Å². The lowest BCUT2D eigenvalue weighted by molar-refractivity contribution is -0.143. The van der Waals surface area contributed by atoms with Crippen LogP contribution in [0.2, 0.25) is 0 Å². The molecule has 0 atom stereocenters. The molecule has 3 rings (SSSR count). The van der Waals surface area contributed by atoms with Crippen molar-refractivity contribution in [3.63, 3.8) is 0 Å². The summed E-state index contributed by atoms with van der Waals surface area (Å²) in [6.45, 7) is 4.78. The number of carbonyl (C=O) groups is 3. The molecule has 0 saturated heterocycles. The van der Waals surface area contributed by atoms with Crippen molar-refractivity contribution in [2.24, 2.45) is 0 Å². The lowest BCUT2D eigenvalue weighted by Gasteiger charge is -2.41. The number of benzene rings is 2. The van der Waals surface area contributed by atoms with Crippen LogP contribution in [0, 0.1) is 6.92 Å². The number of para-hydroxylation sites is 2. The number of hydrogen-bond donors (Lipinski definition) is 1. The molecule has 1 aliphatic rings. The van der Waals surface area contributed by atoms with Crippen LogP contribution >= 0.6 is 0 Å². The van der Waals surface area contributed by atoms with E-state index >= 15 is 0 Å². The van der Waals surface area contributed by atoms with Crippen molar-refractivity contribution in [3.8, 4) is 0 Å². The second-order valence-electron chi connectivity index (χ2n) is 7.06. The van der Waals surface area contributed by atoms with Crippen molar-refractivity contribution in [2.75, 3.05) is 16.8 Å². The number of esters is 1. The highest BCUT2D eigenvalue weighted by atomic mass is 16.5. The van der Waals surface area contributed by atoms with Gasteiger partial charge < -0.3 is 10.1 Å². The molecule has 0 aliphatic carbocycles. The molecule has 0 bridgehead atoms. The summed E-state index contributed by atoms with van der Waals surface area (Å²) in [6.07, 6.45) is 2.94. The van der Waals surface area contributed by atoms with E-state index in [1.54, 1.807) is 44.2 Å². The molecular weight excluding hydrogens is 356 g/mol. The van der Waals surface area contributed by atoms with Crippen molar-refractivity contribution in [1.82, 2.24) is 0 Å². The molecule has 0 unspecified atom stereocenters. The summed E-state index contributed by atoms with van der Waals surface area (Å²) in [6, 6.07) is 14.6. The number of rotatable bonds is 4. The van der Waals surface area contributed by atoms with Crippen molar-refractivity contribution in [1.29, 1.82) is 0 Å². The van der Waals surface area contributed by atoms with Gasteiger partial charge in [0.2, 0.25) is 5.91 Å². The number of hydrogen-bond acceptors (Lipinski definition) is 4. The normalized spacial score (nSPS) is 15.1. The largest absolute Gasteiger partial charge is 0.452 e. The van der Waals surface area contributed by atoms with Crippen molar-refractivity contribution < 1.29 is 19.1 Å². The summed E-state index contributed by atoms with van der Waals surface area (Å²) < 4.78 is 5.11. The van der Waals surface area contributed by atoms with E-state index in [0.29, 0.717) is 11.4 Å². The van der Waals surface area contributed by atoms with E-state index in [1.165, 1.54) is 11.0 Å². The van der Waals surface area contributed by atoms with Crippen LogP contribution in [-0.2, 0) is 19.1 Å². The van der Waals surface area contributed by atoms with Gasteiger partial charge in [0.05, 0.1) is 11.4 Å². The van der Waals surface area contributed by atoms with E-state index in [2.05, 4.69) is 5.32 Å². The number of anilines is 2. The average molecular weight is 378 g/mol. The van der Waals surface area contributed by atoms with Crippen LogP contribution in [-0.4, -0.2) is 29.9 Å². The van der Waals surface area contributed by atoms with Crippen LogP contribution in [0.15, 0.2) is 54.6 Å². The fourth-order valence-corrected chi connectivity index (χ4v) is 3.08. The Morgan fingerprint density at radius 1 is 1.11 bits per heavy atom. The minimum atomic E-state index is -1.10. The van der Waals surface area contributed by atoms with Gasteiger partial charge in [-0.1, -0.05) is 36.4 Å². The maximum Gasteiger partial charge on any atom is 0.331 e. The molecule has 6 heteroatoms. The molecular formula is C22H22N2O4. The molecule has 28 heavy (non-hydrogen) atoms. The Balaban J connectivity index is 1.71.